The summed E-state index contributed by atoms with van der Waals surface area (Å²) in [7, 11) is 0. The van der Waals surface area contributed by atoms with Crippen LogP contribution in [-0.2, 0) is 4.79 Å². The third-order valence-electron chi connectivity index (χ3n) is 2.39. The van der Waals surface area contributed by atoms with Crippen molar-refractivity contribution in [3.05, 3.63) is 54.1 Å². The SMILES string of the molecule is O=C(CSc1ccc(F)c(F)c1)Nc1cccc(O)c1. The van der Waals surface area contributed by atoms with E-state index < -0.39 is 11.6 Å². The first-order valence-electron chi connectivity index (χ1n) is 5.71. The van der Waals surface area contributed by atoms with Gasteiger partial charge in [0.05, 0.1) is 5.75 Å². The van der Waals surface area contributed by atoms with Crippen molar-refractivity contribution in [3.63, 3.8) is 0 Å². The highest BCUT2D eigenvalue weighted by Gasteiger charge is 2.07. The summed E-state index contributed by atoms with van der Waals surface area (Å²) in [4.78, 5) is 12.1. The van der Waals surface area contributed by atoms with Gasteiger partial charge in [0, 0.05) is 16.6 Å². The number of rotatable bonds is 4. The number of nitrogens with one attached hydrogen (secondary N) is 1. The van der Waals surface area contributed by atoms with E-state index in [1.807, 2.05) is 0 Å². The average molecular weight is 295 g/mol. The van der Waals surface area contributed by atoms with E-state index in [-0.39, 0.29) is 17.4 Å². The highest BCUT2D eigenvalue weighted by Crippen LogP contribution is 2.21. The lowest BCUT2D eigenvalue weighted by molar-refractivity contribution is -0.113. The van der Waals surface area contributed by atoms with Gasteiger partial charge in [-0.2, -0.15) is 0 Å². The second kappa shape index (κ2) is 6.38. The third-order valence-corrected chi connectivity index (χ3v) is 3.38. The van der Waals surface area contributed by atoms with Gasteiger partial charge in [0.2, 0.25) is 5.91 Å². The largest absolute Gasteiger partial charge is 0.508 e. The molecule has 0 aliphatic rings. The Bertz CT molecular complexity index is 634. The number of aromatic hydroxyl groups is 1. The summed E-state index contributed by atoms with van der Waals surface area (Å²) in [6.07, 6.45) is 0. The van der Waals surface area contributed by atoms with Crippen molar-refractivity contribution in [3.8, 4) is 5.75 Å². The zero-order chi connectivity index (χ0) is 14.5. The molecule has 0 bridgehead atoms. The molecule has 6 heteroatoms. The fraction of sp³-hybridized carbons (Fsp3) is 0.0714. The van der Waals surface area contributed by atoms with Crippen LogP contribution in [-0.4, -0.2) is 16.8 Å². The predicted octanol–water partition coefficient (Wildman–Crippen LogP) is 3.40. The Kier molecular flexibility index (Phi) is 4.57. The van der Waals surface area contributed by atoms with Crippen molar-refractivity contribution in [2.45, 2.75) is 4.90 Å². The molecule has 1 amide bonds. The topological polar surface area (TPSA) is 49.3 Å². The molecule has 2 rings (SSSR count). The molecule has 0 aliphatic carbocycles. The Balaban J connectivity index is 1.90. The van der Waals surface area contributed by atoms with Crippen LogP contribution >= 0.6 is 11.8 Å². The number of phenolic OH excluding ortho intramolecular Hbond substituents is 1. The Hall–Kier alpha value is -2.08. The summed E-state index contributed by atoms with van der Waals surface area (Å²) in [6, 6.07) is 9.62. The van der Waals surface area contributed by atoms with Gasteiger partial charge in [-0.25, -0.2) is 8.78 Å². The molecule has 0 fully saturated rings. The Labute approximate surface area is 118 Å². The number of halogens is 2. The summed E-state index contributed by atoms with van der Waals surface area (Å²) in [5.41, 5.74) is 0.473. The second-order valence-electron chi connectivity index (χ2n) is 3.96. The van der Waals surface area contributed by atoms with Crippen molar-refractivity contribution in [2.75, 3.05) is 11.1 Å². The van der Waals surface area contributed by atoms with Crippen molar-refractivity contribution in [2.24, 2.45) is 0 Å². The fourth-order valence-electron chi connectivity index (χ4n) is 1.50. The minimum absolute atomic E-state index is 0.0519. The first-order chi connectivity index (χ1) is 9.54. The molecule has 0 spiro atoms. The van der Waals surface area contributed by atoms with Gasteiger partial charge < -0.3 is 10.4 Å². The third kappa shape index (κ3) is 3.96. The number of thioether (sulfide) groups is 1. The van der Waals surface area contributed by atoms with Crippen LogP contribution in [0.4, 0.5) is 14.5 Å². The number of carbonyl (C=O) groups is 1. The van der Waals surface area contributed by atoms with E-state index in [1.54, 1.807) is 12.1 Å². The highest BCUT2D eigenvalue weighted by molar-refractivity contribution is 8.00. The standard InChI is InChI=1S/C14H11F2NO2S/c15-12-5-4-11(7-13(12)16)20-8-14(19)17-9-2-1-3-10(18)6-9/h1-7,18H,8H2,(H,17,19). The highest BCUT2D eigenvalue weighted by atomic mass is 32.2. The van der Waals surface area contributed by atoms with Gasteiger partial charge in [0.25, 0.3) is 0 Å². The van der Waals surface area contributed by atoms with Gasteiger partial charge in [0.15, 0.2) is 11.6 Å². The molecule has 104 valence electrons. The lowest BCUT2D eigenvalue weighted by Crippen LogP contribution is -2.13. The Morgan fingerprint density at radius 1 is 1.15 bits per heavy atom. The summed E-state index contributed by atoms with van der Waals surface area (Å²) in [5, 5.41) is 11.8. The van der Waals surface area contributed by atoms with Crippen molar-refractivity contribution in [1.29, 1.82) is 0 Å². The first kappa shape index (κ1) is 14.3. The molecule has 0 radical (unpaired) electrons. The minimum Gasteiger partial charge on any atom is -0.508 e. The lowest BCUT2D eigenvalue weighted by atomic mass is 10.3. The molecule has 20 heavy (non-hydrogen) atoms. The molecule has 0 aromatic heterocycles. The molecule has 0 unspecified atom stereocenters. The molecule has 0 heterocycles. The van der Waals surface area contributed by atoms with Crippen LogP contribution in [0.2, 0.25) is 0 Å². The molecule has 0 atom stereocenters. The number of carbonyl (C=O) groups excluding carboxylic acids is 1. The maximum absolute atomic E-state index is 13.0. The van der Waals surface area contributed by atoms with Crippen LogP contribution in [0, 0.1) is 11.6 Å². The minimum atomic E-state index is -0.941. The van der Waals surface area contributed by atoms with Crippen LogP contribution in [0.3, 0.4) is 0 Å². The summed E-state index contributed by atoms with van der Waals surface area (Å²) >= 11 is 1.09. The molecule has 2 aromatic carbocycles. The van der Waals surface area contributed by atoms with Crippen LogP contribution < -0.4 is 5.32 Å². The molecule has 2 N–H and O–H groups in total. The number of anilines is 1. The smallest absolute Gasteiger partial charge is 0.234 e. The lowest BCUT2D eigenvalue weighted by Gasteiger charge is -2.05. The van der Waals surface area contributed by atoms with E-state index in [0.29, 0.717) is 10.6 Å². The number of amides is 1. The van der Waals surface area contributed by atoms with Gasteiger partial charge in [-0.05, 0) is 30.3 Å². The normalized spacial score (nSPS) is 10.3. The van der Waals surface area contributed by atoms with Crippen LogP contribution in [0.1, 0.15) is 0 Å². The summed E-state index contributed by atoms with van der Waals surface area (Å²) < 4.78 is 25.7. The van der Waals surface area contributed by atoms with E-state index in [0.717, 1.165) is 23.9 Å². The zero-order valence-electron chi connectivity index (χ0n) is 10.3. The molecule has 2 aromatic rings. The van der Waals surface area contributed by atoms with E-state index in [2.05, 4.69) is 5.32 Å². The Morgan fingerprint density at radius 2 is 1.95 bits per heavy atom. The second-order valence-corrected chi connectivity index (χ2v) is 5.01. The number of hydrogen-bond donors (Lipinski definition) is 2. The summed E-state index contributed by atoms with van der Waals surface area (Å²) in [5.74, 6) is -2.05. The number of hydrogen-bond acceptors (Lipinski definition) is 3. The van der Waals surface area contributed by atoms with Gasteiger partial charge in [-0.15, -0.1) is 11.8 Å². The van der Waals surface area contributed by atoms with E-state index in [1.165, 1.54) is 18.2 Å². The maximum atomic E-state index is 13.0. The Morgan fingerprint density at radius 3 is 2.65 bits per heavy atom. The van der Waals surface area contributed by atoms with Gasteiger partial charge >= 0.3 is 0 Å². The number of benzene rings is 2. The van der Waals surface area contributed by atoms with Crippen molar-refractivity contribution < 1.29 is 18.7 Å². The van der Waals surface area contributed by atoms with Gasteiger partial charge in [-0.3, -0.25) is 4.79 Å². The molecule has 0 aliphatic heterocycles. The number of phenols is 1. The molecule has 0 saturated heterocycles. The fourth-order valence-corrected chi connectivity index (χ4v) is 2.22. The van der Waals surface area contributed by atoms with Crippen molar-refractivity contribution >= 4 is 23.4 Å². The van der Waals surface area contributed by atoms with E-state index >= 15 is 0 Å². The quantitative estimate of drug-likeness (QED) is 0.850. The van der Waals surface area contributed by atoms with Crippen LogP contribution in [0.5, 0.6) is 5.75 Å². The van der Waals surface area contributed by atoms with E-state index in [4.69, 9.17) is 0 Å². The van der Waals surface area contributed by atoms with Gasteiger partial charge in [-0.1, -0.05) is 6.07 Å². The predicted molar refractivity (Wildman–Crippen MR) is 73.8 cm³/mol. The monoisotopic (exact) mass is 295 g/mol. The van der Waals surface area contributed by atoms with Crippen molar-refractivity contribution in [1.82, 2.24) is 0 Å². The first-order valence-corrected chi connectivity index (χ1v) is 6.70. The summed E-state index contributed by atoms with van der Waals surface area (Å²) in [6.45, 7) is 0. The van der Waals surface area contributed by atoms with Crippen LogP contribution in [0.15, 0.2) is 47.4 Å². The zero-order valence-corrected chi connectivity index (χ0v) is 11.1. The maximum Gasteiger partial charge on any atom is 0.234 e. The molecular weight excluding hydrogens is 284 g/mol. The molecular formula is C14H11F2NO2S. The molecule has 0 saturated carbocycles. The van der Waals surface area contributed by atoms with Crippen LogP contribution in [0.25, 0.3) is 0 Å². The van der Waals surface area contributed by atoms with E-state index in [9.17, 15) is 18.7 Å². The van der Waals surface area contributed by atoms with Gasteiger partial charge in [0.1, 0.15) is 5.75 Å². The molecule has 3 nitrogen and oxygen atoms in total. The average Bonchev–Trinajstić information content (AvgIpc) is 2.40.